The van der Waals surface area contributed by atoms with Crippen LogP contribution in [0.15, 0.2) is 6.07 Å². The lowest BCUT2D eigenvalue weighted by Gasteiger charge is -2.34. The Bertz CT molecular complexity index is 414. The maximum Gasteiger partial charge on any atom is 0.272 e. The normalized spacial score (nSPS) is 25.1. The fourth-order valence-electron chi connectivity index (χ4n) is 2.80. The summed E-state index contributed by atoms with van der Waals surface area (Å²) in [6, 6.07) is 1.87. The van der Waals surface area contributed by atoms with Gasteiger partial charge in [-0.1, -0.05) is 13.8 Å². The second kappa shape index (κ2) is 4.51. The van der Waals surface area contributed by atoms with Gasteiger partial charge in [-0.3, -0.25) is 9.48 Å². The maximum absolute atomic E-state index is 12.4. The minimum absolute atomic E-state index is 0.117. The molecule has 0 bridgehead atoms. The Morgan fingerprint density at radius 2 is 1.94 bits per heavy atom. The third-order valence-corrected chi connectivity index (χ3v) is 3.38. The molecule has 0 N–H and O–H groups in total. The van der Waals surface area contributed by atoms with E-state index in [0.29, 0.717) is 17.5 Å². The molecule has 1 fully saturated rings. The number of carbonyl (C=O) groups is 1. The molecule has 1 aromatic heterocycles. The van der Waals surface area contributed by atoms with E-state index in [1.165, 1.54) is 6.42 Å². The molecule has 0 aliphatic carbocycles. The fourth-order valence-corrected chi connectivity index (χ4v) is 2.80. The van der Waals surface area contributed by atoms with Crippen LogP contribution in [0.3, 0.4) is 0 Å². The number of piperidine rings is 1. The molecular weight excluding hydrogens is 214 g/mol. The van der Waals surface area contributed by atoms with Crippen molar-refractivity contribution in [3.63, 3.8) is 0 Å². The Balaban J connectivity index is 2.17. The molecule has 2 rings (SSSR count). The molecule has 0 radical (unpaired) electrons. The molecule has 0 saturated carbocycles. The smallest absolute Gasteiger partial charge is 0.272 e. The molecule has 1 aliphatic rings. The molecule has 1 amide bonds. The average Bonchev–Trinajstić information content (AvgIpc) is 2.55. The number of hydrogen-bond donors (Lipinski definition) is 0. The van der Waals surface area contributed by atoms with Gasteiger partial charge in [0.15, 0.2) is 0 Å². The molecule has 1 saturated heterocycles. The van der Waals surface area contributed by atoms with Crippen LogP contribution in [0, 0.1) is 18.8 Å². The lowest BCUT2D eigenvalue weighted by atomic mass is 9.92. The van der Waals surface area contributed by atoms with Crippen molar-refractivity contribution in [3.05, 3.63) is 17.5 Å². The lowest BCUT2D eigenvalue weighted by Crippen LogP contribution is -2.43. The Labute approximate surface area is 103 Å². The third-order valence-electron chi connectivity index (χ3n) is 3.38. The topological polar surface area (TPSA) is 38.1 Å². The van der Waals surface area contributed by atoms with Crippen molar-refractivity contribution in [2.24, 2.45) is 18.9 Å². The molecule has 4 heteroatoms. The first-order valence-corrected chi connectivity index (χ1v) is 6.27. The first-order valence-electron chi connectivity index (χ1n) is 6.27. The van der Waals surface area contributed by atoms with Gasteiger partial charge in [-0.2, -0.15) is 5.10 Å². The Morgan fingerprint density at radius 3 is 2.41 bits per heavy atom. The average molecular weight is 235 g/mol. The number of amides is 1. The van der Waals surface area contributed by atoms with Gasteiger partial charge in [-0.25, -0.2) is 0 Å². The minimum atomic E-state index is 0.117. The highest BCUT2D eigenvalue weighted by atomic mass is 16.2. The highest BCUT2D eigenvalue weighted by Gasteiger charge is 2.27. The van der Waals surface area contributed by atoms with E-state index >= 15 is 0 Å². The molecule has 4 nitrogen and oxygen atoms in total. The molecule has 2 heterocycles. The molecule has 2 atom stereocenters. The van der Waals surface area contributed by atoms with Gasteiger partial charge < -0.3 is 4.90 Å². The van der Waals surface area contributed by atoms with Crippen molar-refractivity contribution in [1.29, 1.82) is 0 Å². The maximum atomic E-state index is 12.4. The zero-order chi connectivity index (χ0) is 12.6. The summed E-state index contributed by atoms with van der Waals surface area (Å²) in [4.78, 5) is 14.4. The van der Waals surface area contributed by atoms with Gasteiger partial charge in [0, 0.05) is 20.1 Å². The van der Waals surface area contributed by atoms with Gasteiger partial charge in [0.25, 0.3) is 5.91 Å². The number of nitrogens with zero attached hydrogens (tertiary/aromatic N) is 3. The fraction of sp³-hybridized carbons (Fsp3) is 0.692. The zero-order valence-electron chi connectivity index (χ0n) is 11.1. The quantitative estimate of drug-likeness (QED) is 0.745. The summed E-state index contributed by atoms with van der Waals surface area (Å²) >= 11 is 0. The van der Waals surface area contributed by atoms with Gasteiger partial charge in [-0.15, -0.1) is 0 Å². The van der Waals surface area contributed by atoms with Crippen molar-refractivity contribution < 1.29 is 4.79 Å². The molecule has 1 aromatic rings. The van der Waals surface area contributed by atoms with Crippen molar-refractivity contribution in [2.75, 3.05) is 13.1 Å². The first kappa shape index (κ1) is 12.1. The summed E-state index contributed by atoms with van der Waals surface area (Å²) in [5, 5.41) is 4.23. The van der Waals surface area contributed by atoms with Crippen LogP contribution in [0.1, 0.15) is 36.5 Å². The molecule has 0 unspecified atom stereocenters. The van der Waals surface area contributed by atoms with Crippen LogP contribution in [0.5, 0.6) is 0 Å². The van der Waals surface area contributed by atoms with Crippen LogP contribution in [-0.2, 0) is 7.05 Å². The number of rotatable bonds is 1. The van der Waals surface area contributed by atoms with E-state index in [1.807, 2.05) is 24.9 Å². The van der Waals surface area contributed by atoms with E-state index < -0.39 is 0 Å². The third kappa shape index (κ3) is 2.51. The van der Waals surface area contributed by atoms with Crippen LogP contribution >= 0.6 is 0 Å². The van der Waals surface area contributed by atoms with Crippen molar-refractivity contribution >= 4 is 5.91 Å². The van der Waals surface area contributed by atoms with Crippen LogP contribution < -0.4 is 0 Å². The molecule has 0 spiro atoms. The van der Waals surface area contributed by atoms with Crippen molar-refractivity contribution in [2.45, 2.75) is 27.2 Å². The first-order chi connectivity index (χ1) is 7.97. The van der Waals surface area contributed by atoms with E-state index in [0.717, 1.165) is 18.8 Å². The molecule has 17 heavy (non-hydrogen) atoms. The summed E-state index contributed by atoms with van der Waals surface area (Å²) in [7, 11) is 1.83. The van der Waals surface area contributed by atoms with E-state index in [1.54, 1.807) is 4.68 Å². The molecular formula is C13H21N3O. The lowest BCUT2D eigenvalue weighted by molar-refractivity contribution is 0.0612. The molecule has 1 aliphatic heterocycles. The van der Waals surface area contributed by atoms with Crippen LogP contribution in [0.2, 0.25) is 0 Å². The van der Waals surface area contributed by atoms with Gasteiger partial charge in [0.05, 0.1) is 5.69 Å². The van der Waals surface area contributed by atoms with Gasteiger partial charge in [0.1, 0.15) is 5.69 Å². The second-order valence-electron chi connectivity index (χ2n) is 5.45. The van der Waals surface area contributed by atoms with Crippen LogP contribution in [0.25, 0.3) is 0 Å². The Kier molecular flexibility index (Phi) is 3.22. The predicted octanol–water partition coefficient (Wildman–Crippen LogP) is 1.85. The highest BCUT2D eigenvalue weighted by molar-refractivity contribution is 5.92. The summed E-state index contributed by atoms with van der Waals surface area (Å²) in [6.07, 6.45) is 1.22. The summed E-state index contributed by atoms with van der Waals surface area (Å²) in [5.74, 6) is 1.31. The number of aromatic nitrogens is 2. The van der Waals surface area contributed by atoms with E-state index in [4.69, 9.17) is 0 Å². The van der Waals surface area contributed by atoms with E-state index in [-0.39, 0.29) is 5.91 Å². The predicted molar refractivity (Wildman–Crippen MR) is 66.8 cm³/mol. The summed E-state index contributed by atoms with van der Waals surface area (Å²) in [6.45, 7) is 8.08. The number of aryl methyl sites for hydroxylation is 2. The standard InChI is InChI=1S/C13H21N3O/c1-9-5-10(2)8-16(7-9)13(17)12-6-11(3)14-15(12)4/h6,9-10H,5,7-8H2,1-4H3/t9-,10-/m0/s1. The second-order valence-corrected chi connectivity index (χ2v) is 5.45. The molecule has 94 valence electrons. The Hall–Kier alpha value is -1.32. The largest absolute Gasteiger partial charge is 0.337 e. The summed E-state index contributed by atoms with van der Waals surface area (Å²) < 4.78 is 1.68. The van der Waals surface area contributed by atoms with Gasteiger partial charge in [-0.05, 0) is 31.2 Å². The monoisotopic (exact) mass is 235 g/mol. The highest BCUT2D eigenvalue weighted by Crippen LogP contribution is 2.22. The van der Waals surface area contributed by atoms with Crippen LogP contribution in [-0.4, -0.2) is 33.7 Å². The van der Waals surface area contributed by atoms with E-state index in [9.17, 15) is 4.79 Å². The van der Waals surface area contributed by atoms with E-state index in [2.05, 4.69) is 18.9 Å². The SMILES string of the molecule is Cc1cc(C(=O)N2C[C@@H](C)C[C@H](C)C2)n(C)n1. The number of carbonyl (C=O) groups excluding carboxylic acids is 1. The molecule has 0 aromatic carbocycles. The number of likely N-dealkylation sites (tertiary alicyclic amines) is 1. The van der Waals surface area contributed by atoms with Gasteiger partial charge >= 0.3 is 0 Å². The van der Waals surface area contributed by atoms with Gasteiger partial charge in [0.2, 0.25) is 0 Å². The zero-order valence-corrected chi connectivity index (χ0v) is 11.1. The van der Waals surface area contributed by atoms with Crippen molar-refractivity contribution in [1.82, 2.24) is 14.7 Å². The summed E-state index contributed by atoms with van der Waals surface area (Å²) in [5.41, 5.74) is 1.60. The Morgan fingerprint density at radius 1 is 1.35 bits per heavy atom. The van der Waals surface area contributed by atoms with Crippen molar-refractivity contribution in [3.8, 4) is 0 Å². The van der Waals surface area contributed by atoms with Crippen LogP contribution in [0.4, 0.5) is 0 Å². The minimum Gasteiger partial charge on any atom is -0.337 e. The number of hydrogen-bond acceptors (Lipinski definition) is 2.